The third-order valence-corrected chi connectivity index (χ3v) is 5.70. The van der Waals surface area contributed by atoms with Crippen LogP contribution in [-0.2, 0) is 4.79 Å². The van der Waals surface area contributed by atoms with Gasteiger partial charge in [0.05, 0.1) is 0 Å². The lowest BCUT2D eigenvalue weighted by atomic mass is 9.66. The summed E-state index contributed by atoms with van der Waals surface area (Å²) in [6.07, 6.45) is 6.00. The third kappa shape index (κ3) is 1.35. The summed E-state index contributed by atoms with van der Waals surface area (Å²) in [5.74, 6) is 1.08. The van der Waals surface area contributed by atoms with E-state index in [9.17, 15) is 4.79 Å². The molecule has 0 aromatic heterocycles. The molecular formula is C14H23NO. The molecule has 2 heteroatoms. The minimum absolute atomic E-state index is 0.274. The van der Waals surface area contributed by atoms with Gasteiger partial charge in [0.2, 0.25) is 5.91 Å². The van der Waals surface area contributed by atoms with E-state index in [-0.39, 0.29) is 5.91 Å². The molecule has 2 rings (SSSR count). The second kappa shape index (κ2) is 3.35. The Morgan fingerprint density at radius 3 is 2.38 bits per heavy atom. The van der Waals surface area contributed by atoms with Crippen LogP contribution in [-0.4, -0.2) is 5.91 Å². The maximum atomic E-state index is 11.1. The highest BCUT2D eigenvalue weighted by atomic mass is 16.1. The van der Waals surface area contributed by atoms with E-state index in [1.54, 1.807) is 0 Å². The van der Waals surface area contributed by atoms with Gasteiger partial charge in [-0.2, -0.15) is 0 Å². The fourth-order valence-electron chi connectivity index (χ4n) is 3.90. The summed E-state index contributed by atoms with van der Waals surface area (Å²) in [5.41, 5.74) is 6.81. The first-order valence-corrected chi connectivity index (χ1v) is 6.27. The van der Waals surface area contributed by atoms with Crippen molar-refractivity contribution >= 4 is 5.91 Å². The second-order valence-electron chi connectivity index (χ2n) is 6.43. The number of carbonyl (C=O) groups excluding carboxylic acids is 1. The van der Waals surface area contributed by atoms with Crippen molar-refractivity contribution in [2.45, 2.75) is 47.0 Å². The lowest BCUT2D eigenvalue weighted by molar-refractivity contribution is -0.114. The van der Waals surface area contributed by atoms with Crippen molar-refractivity contribution in [3.8, 4) is 0 Å². The quantitative estimate of drug-likeness (QED) is 0.716. The SMILES string of the molecule is CC(=CC1CC2CCC1(C)C2(C)C)C(N)=O. The average Bonchev–Trinajstić information content (AvgIpc) is 2.50. The van der Waals surface area contributed by atoms with Gasteiger partial charge in [0.1, 0.15) is 0 Å². The van der Waals surface area contributed by atoms with Gasteiger partial charge in [-0.1, -0.05) is 26.8 Å². The van der Waals surface area contributed by atoms with Crippen LogP contribution >= 0.6 is 0 Å². The summed E-state index contributed by atoms with van der Waals surface area (Å²) in [6.45, 7) is 9.00. The number of fused-ring (bicyclic) bond motifs is 2. The molecule has 0 heterocycles. The molecule has 3 unspecified atom stereocenters. The van der Waals surface area contributed by atoms with Gasteiger partial charge in [0.15, 0.2) is 0 Å². The van der Waals surface area contributed by atoms with Crippen molar-refractivity contribution in [3.05, 3.63) is 11.6 Å². The molecule has 2 bridgehead atoms. The molecule has 1 amide bonds. The van der Waals surface area contributed by atoms with Gasteiger partial charge >= 0.3 is 0 Å². The largest absolute Gasteiger partial charge is 0.366 e. The molecule has 0 saturated heterocycles. The molecule has 2 aliphatic rings. The van der Waals surface area contributed by atoms with E-state index in [1.807, 2.05) is 6.92 Å². The van der Waals surface area contributed by atoms with Crippen LogP contribution in [0.25, 0.3) is 0 Å². The molecule has 2 N–H and O–H groups in total. The zero-order valence-corrected chi connectivity index (χ0v) is 10.8. The number of allylic oxidation sites excluding steroid dienone is 1. The normalized spacial score (nSPS) is 41.4. The van der Waals surface area contributed by atoms with Gasteiger partial charge in [-0.3, -0.25) is 4.79 Å². The highest BCUT2D eigenvalue weighted by molar-refractivity contribution is 5.91. The third-order valence-electron chi connectivity index (χ3n) is 5.70. The second-order valence-corrected chi connectivity index (χ2v) is 6.43. The van der Waals surface area contributed by atoms with E-state index < -0.39 is 0 Å². The predicted molar refractivity (Wildman–Crippen MR) is 65.7 cm³/mol. The van der Waals surface area contributed by atoms with Crippen molar-refractivity contribution in [2.24, 2.45) is 28.4 Å². The van der Waals surface area contributed by atoms with Crippen LogP contribution < -0.4 is 5.73 Å². The number of nitrogens with two attached hydrogens (primary N) is 1. The Morgan fingerprint density at radius 1 is 1.38 bits per heavy atom. The molecule has 0 aliphatic heterocycles. The number of primary amides is 1. The highest BCUT2D eigenvalue weighted by Gasteiger charge is 2.60. The molecule has 16 heavy (non-hydrogen) atoms. The van der Waals surface area contributed by atoms with Gasteiger partial charge in [-0.05, 0) is 48.9 Å². The van der Waals surface area contributed by atoms with Crippen molar-refractivity contribution in [3.63, 3.8) is 0 Å². The Bertz CT molecular complexity index is 356. The summed E-state index contributed by atoms with van der Waals surface area (Å²) in [6, 6.07) is 0. The van der Waals surface area contributed by atoms with Crippen molar-refractivity contribution in [2.75, 3.05) is 0 Å². The maximum Gasteiger partial charge on any atom is 0.244 e. The fourth-order valence-corrected chi connectivity index (χ4v) is 3.90. The van der Waals surface area contributed by atoms with Gasteiger partial charge < -0.3 is 5.73 Å². The van der Waals surface area contributed by atoms with E-state index in [0.29, 0.717) is 16.7 Å². The molecule has 0 aromatic rings. The van der Waals surface area contributed by atoms with E-state index in [1.165, 1.54) is 19.3 Å². The van der Waals surface area contributed by atoms with Crippen LogP contribution in [0, 0.1) is 22.7 Å². The molecular weight excluding hydrogens is 198 g/mol. The first kappa shape index (κ1) is 11.7. The molecule has 2 aliphatic carbocycles. The van der Waals surface area contributed by atoms with E-state index in [4.69, 9.17) is 5.73 Å². The highest BCUT2D eigenvalue weighted by Crippen LogP contribution is 2.68. The number of rotatable bonds is 2. The van der Waals surface area contributed by atoms with Crippen LogP contribution in [0.3, 0.4) is 0 Å². The van der Waals surface area contributed by atoms with Crippen LogP contribution in [0.15, 0.2) is 11.6 Å². The van der Waals surface area contributed by atoms with E-state index in [0.717, 1.165) is 11.5 Å². The molecule has 2 saturated carbocycles. The van der Waals surface area contributed by atoms with E-state index in [2.05, 4.69) is 26.8 Å². The molecule has 0 aromatic carbocycles. The number of amides is 1. The summed E-state index contributed by atoms with van der Waals surface area (Å²) in [4.78, 5) is 11.1. The standard InChI is InChI=1S/C14H23NO/c1-9(12(15)16)7-11-8-10-5-6-14(11,4)13(10,2)3/h7,10-11H,5-6,8H2,1-4H3,(H2,15,16). The molecule has 0 spiro atoms. The number of carbonyl (C=O) groups is 1. The van der Waals surface area contributed by atoms with Gasteiger partial charge in [-0.25, -0.2) is 0 Å². The summed E-state index contributed by atoms with van der Waals surface area (Å²) in [5, 5.41) is 0. The summed E-state index contributed by atoms with van der Waals surface area (Å²) >= 11 is 0. The molecule has 0 radical (unpaired) electrons. The zero-order chi connectivity index (χ0) is 12.1. The van der Waals surface area contributed by atoms with Gasteiger partial charge in [0.25, 0.3) is 0 Å². The smallest absolute Gasteiger partial charge is 0.244 e. The van der Waals surface area contributed by atoms with Gasteiger partial charge in [-0.15, -0.1) is 0 Å². The summed E-state index contributed by atoms with van der Waals surface area (Å²) < 4.78 is 0. The van der Waals surface area contributed by atoms with Crippen molar-refractivity contribution in [1.29, 1.82) is 0 Å². The maximum absolute atomic E-state index is 11.1. The monoisotopic (exact) mass is 221 g/mol. The minimum Gasteiger partial charge on any atom is -0.366 e. The van der Waals surface area contributed by atoms with Crippen LogP contribution in [0.2, 0.25) is 0 Å². The lowest BCUT2D eigenvalue weighted by Crippen LogP contribution is -2.31. The van der Waals surface area contributed by atoms with Crippen LogP contribution in [0.5, 0.6) is 0 Å². The Kier molecular flexibility index (Phi) is 2.45. The molecule has 90 valence electrons. The van der Waals surface area contributed by atoms with Crippen LogP contribution in [0.4, 0.5) is 0 Å². The molecule has 3 atom stereocenters. The Balaban J connectivity index is 2.29. The Morgan fingerprint density at radius 2 is 2.00 bits per heavy atom. The van der Waals surface area contributed by atoms with Crippen molar-refractivity contribution < 1.29 is 4.79 Å². The van der Waals surface area contributed by atoms with E-state index >= 15 is 0 Å². The Hall–Kier alpha value is -0.790. The number of hydrogen-bond acceptors (Lipinski definition) is 1. The zero-order valence-electron chi connectivity index (χ0n) is 10.8. The average molecular weight is 221 g/mol. The number of hydrogen-bond donors (Lipinski definition) is 1. The first-order chi connectivity index (χ1) is 7.29. The summed E-state index contributed by atoms with van der Waals surface area (Å²) in [7, 11) is 0. The topological polar surface area (TPSA) is 43.1 Å². The van der Waals surface area contributed by atoms with Crippen molar-refractivity contribution in [1.82, 2.24) is 0 Å². The minimum atomic E-state index is -0.274. The van der Waals surface area contributed by atoms with Crippen LogP contribution in [0.1, 0.15) is 47.0 Å². The Labute approximate surface area is 98.3 Å². The first-order valence-electron chi connectivity index (χ1n) is 6.27. The molecule has 2 fully saturated rings. The molecule has 2 nitrogen and oxygen atoms in total. The van der Waals surface area contributed by atoms with Gasteiger partial charge in [0, 0.05) is 5.57 Å². The lowest BCUT2D eigenvalue weighted by Gasteiger charge is -2.38. The fraction of sp³-hybridized carbons (Fsp3) is 0.786. The predicted octanol–water partition coefficient (Wildman–Crippen LogP) is 2.88.